The van der Waals surface area contributed by atoms with E-state index >= 15 is 0 Å². The zero-order chi connectivity index (χ0) is 24.2. The lowest BCUT2D eigenvalue weighted by molar-refractivity contribution is -0.143. The number of hydrogen-bond donors (Lipinski definition) is 1. The molecule has 1 aliphatic rings. The number of ether oxygens (including phenoxy) is 1. The first kappa shape index (κ1) is 24.0. The van der Waals surface area contributed by atoms with E-state index in [-0.39, 0.29) is 21.5 Å². The third kappa shape index (κ3) is 5.99. The smallest absolute Gasteiger partial charge is 0.339 e. The number of thioether (sulfide) groups is 1. The number of hydrogen-bond acceptors (Lipinski definition) is 9. The average molecular weight is 491 g/mol. The van der Waals surface area contributed by atoms with Crippen molar-refractivity contribution in [2.24, 2.45) is 0 Å². The van der Waals surface area contributed by atoms with Gasteiger partial charge in [0.05, 0.1) is 12.0 Å². The number of imide groups is 1. The van der Waals surface area contributed by atoms with Crippen LogP contribution in [-0.2, 0) is 29.2 Å². The van der Waals surface area contributed by atoms with Crippen LogP contribution in [0.3, 0.4) is 0 Å². The largest absolute Gasteiger partial charge is 0.468 e. The van der Waals surface area contributed by atoms with E-state index in [0.717, 1.165) is 12.0 Å². The van der Waals surface area contributed by atoms with E-state index in [2.05, 4.69) is 10.1 Å². The Bertz CT molecular complexity index is 1240. The molecule has 3 rings (SSSR count). The molecule has 0 spiro atoms. The quantitative estimate of drug-likeness (QED) is 0.353. The van der Waals surface area contributed by atoms with E-state index in [0.29, 0.717) is 23.0 Å². The van der Waals surface area contributed by atoms with Crippen LogP contribution in [0.15, 0.2) is 58.3 Å². The molecule has 0 saturated carbocycles. The Kier molecular flexibility index (Phi) is 7.19. The third-order valence-corrected chi connectivity index (χ3v) is 6.40. The lowest BCUT2D eigenvalue weighted by atomic mass is 10.2. The van der Waals surface area contributed by atoms with Gasteiger partial charge in [0.1, 0.15) is 17.2 Å². The molecule has 2 aromatic carbocycles. The van der Waals surface area contributed by atoms with Gasteiger partial charge in [-0.2, -0.15) is 8.42 Å². The number of esters is 1. The molecule has 33 heavy (non-hydrogen) atoms. The second kappa shape index (κ2) is 9.88. The van der Waals surface area contributed by atoms with E-state index < -0.39 is 33.8 Å². The van der Waals surface area contributed by atoms with E-state index in [1.165, 1.54) is 61.5 Å². The van der Waals surface area contributed by atoms with Crippen molar-refractivity contribution in [3.63, 3.8) is 0 Å². The molecule has 10 nitrogen and oxygen atoms in total. The van der Waals surface area contributed by atoms with Crippen molar-refractivity contribution in [3.05, 3.63) is 59.0 Å². The van der Waals surface area contributed by atoms with Gasteiger partial charge in [-0.05, 0) is 59.8 Å². The van der Waals surface area contributed by atoms with E-state index in [4.69, 9.17) is 4.18 Å². The van der Waals surface area contributed by atoms with Gasteiger partial charge >= 0.3 is 16.1 Å². The fourth-order valence-electron chi connectivity index (χ4n) is 2.68. The Labute approximate surface area is 193 Å². The maximum absolute atomic E-state index is 12.5. The summed E-state index contributed by atoms with van der Waals surface area (Å²) < 4.78 is 34.6. The van der Waals surface area contributed by atoms with E-state index in [1.807, 2.05) is 0 Å². The Morgan fingerprint density at radius 3 is 2.27 bits per heavy atom. The van der Waals surface area contributed by atoms with Gasteiger partial charge in [0, 0.05) is 12.6 Å². The van der Waals surface area contributed by atoms with Crippen LogP contribution in [0.25, 0.3) is 6.08 Å². The van der Waals surface area contributed by atoms with E-state index in [9.17, 15) is 27.6 Å². The number of benzene rings is 2. The van der Waals surface area contributed by atoms with Crippen LogP contribution in [-0.4, -0.2) is 50.0 Å². The van der Waals surface area contributed by atoms with Crippen molar-refractivity contribution in [3.8, 4) is 5.75 Å². The average Bonchev–Trinajstić information content (AvgIpc) is 3.02. The lowest BCUT2D eigenvalue weighted by Crippen LogP contribution is -2.34. The number of amides is 3. The summed E-state index contributed by atoms with van der Waals surface area (Å²) in [6.07, 6.45) is 1.45. The monoisotopic (exact) mass is 490 g/mol. The third-order valence-electron chi connectivity index (χ3n) is 4.24. The minimum Gasteiger partial charge on any atom is -0.468 e. The summed E-state index contributed by atoms with van der Waals surface area (Å²) in [6.45, 7) is 0.861. The van der Waals surface area contributed by atoms with Gasteiger partial charge in [0.25, 0.3) is 11.1 Å². The van der Waals surface area contributed by atoms with Crippen molar-refractivity contribution in [2.45, 2.75) is 11.8 Å². The van der Waals surface area contributed by atoms with Crippen LogP contribution >= 0.6 is 11.8 Å². The Morgan fingerprint density at radius 1 is 1.06 bits per heavy atom. The maximum Gasteiger partial charge on any atom is 0.339 e. The Morgan fingerprint density at radius 2 is 1.70 bits per heavy atom. The number of nitrogens with one attached hydrogen (secondary N) is 1. The van der Waals surface area contributed by atoms with Crippen LogP contribution < -0.4 is 9.50 Å². The molecule has 1 saturated heterocycles. The zero-order valence-electron chi connectivity index (χ0n) is 17.4. The first-order valence-electron chi connectivity index (χ1n) is 9.33. The van der Waals surface area contributed by atoms with Crippen LogP contribution in [0.4, 0.5) is 10.5 Å². The van der Waals surface area contributed by atoms with Crippen molar-refractivity contribution >= 4 is 56.7 Å². The fourth-order valence-corrected chi connectivity index (χ4v) is 4.45. The van der Waals surface area contributed by atoms with Gasteiger partial charge in [-0.15, -0.1) is 0 Å². The molecule has 3 amide bonds. The number of nitrogens with zero attached hydrogens (tertiary/aromatic N) is 1. The topological polar surface area (TPSA) is 136 Å². The normalized spacial score (nSPS) is 15.0. The summed E-state index contributed by atoms with van der Waals surface area (Å²) in [4.78, 5) is 47.5. The van der Waals surface area contributed by atoms with Crippen molar-refractivity contribution in [1.82, 2.24) is 4.90 Å². The molecule has 1 fully saturated rings. The standard InChI is InChI=1S/C21H18N2O8S2/c1-13(24)22-15-5-9-17(10-6-15)33(28,29)31-16-7-3-14(4-8-16)11-18-20(26)23(21(27)32-18)12-19(25)30-2/h3-11H,12H2,1-2H3,(H,22,24)/b18-11-. The second-order valence-electron chi connectivity index (χ2n) is 6.66. The Hall–Kier alpha value is -3.64. The van der Waals surface area contributed by atoms with Crippen LogP contribution in [0.2, 0.25) is 0 Å². The van der Waals surface area contributed by atoms with Gasteiger partial charge in [0.2, 0.25) is 5.91 Å². The molecule has 0 unspecified atom stereocenters. The number of rotatable bonds is 7. The molecule has 0 bridgehead atoms. The number of methoxy groups -OCH3 is 1. The molecule has 172 valence electrons. The van der Waals surface area contributed by atoms with Crippen LogP contribution in [0, 0.1) is 0 Å². The highest BCUT2D eigenvalue weighted by Gasteiger charge is 2.36. The molecular weight excluding hydrogens is 472 g/mol. The highest BCUT2D eigenvalue weighted by atomic mass is 32.2. The molecule has 12 heteroatoms. The summed E-state index contributed by atoms with van der Waals surface area (Å²) in [6, 6.07) is 11.3. The molecule has 0 aliphatic carbocycles. The summed E-state index contributed by atoms with van der Waals surface area (Å²) in [5.74, 6) is -1.58. The van der Waals surface area contributed by atoms with Gasteiger partial charge in [-0.1, -0.05) is 12.1 Å². The van der Waals surface area contributed by atoms with Gasteiger partial charge in [0.15, 0.2) is 0 Å². The summed E-state index contributed by atoms with van der Waals surface area (Å²) in [5, 5.41) is 1.95. The minimum absolute atomic E-state index is 0.0388. The molecule has 2 aromatic rings. The van der Waals surface area contributed by atoms with Gasteiger partial charge < -0.3 is 14.2 Å². The van der Waals surface area contributed by atoms with E-state index in [1.54, 1.807) is 0 Å². The number of anilines is 1. The SMILES string of the molecule is COC(=O)CN1C(=O)S/C(=C\c2ccc(OS(=O)(=O)c3ccc(NC(C)=O)cc3)cc2)C1=O. The molecular formula is C21H18N2O8S2. The number of carbonyl (C=O) groups is 4. The molecule has 1 heterocycles. The summed E-state index contributed by atoms with van der Waals surface area (Å²) >= 11 is 0.683. The second-order valence-corrected chi connectivity index (χ2v) is 9.20. The summed E-state index contributed by atoms with van der Waals surface area (Å²) in [5.41, 5.74) is 0.963. The number of carbonyl (C=O) groups excluding carboxylic acids is 4. The van der Waals surface area contributed by atoms with Crippen molar-refractivity contribution < 1.29 is 36.5 Å². The summed E-state index contributed by atoms with van der Waals surface area (Å²) in [7, 11) is -2.96. The molecule has 1 N–H and O–H groups in total. The molecule has 1 aliphatic heterocycles. The Balaban J connectivity index is 1.70. The highest BCUT2D eigenvalue weighted by molar-refractivity contribution is 8.18. The maximum atomic E-state index is 12.5. The van der Waals surface area contributed by atoms with Crippen molar-refractivity contribution in [2.75, 3.05) is 19.0 Å². The van der Waals surface area contributed by atoms with Crippen molar-refractivity contribution in [1.29, 1.82) is 0 Å². The van der Waals surface area contributed by atoms with Gasteiger partial charge in [-0.25, -0.2) is 0 Å². The first-order valence-corrected chi connectivity index (χ1v) is 11.6. The molecule has 0 aromatic heterocycles. The zero-order valence-corrected chi connectivity index (χ0v) is 19.1. The molecule has 0 radical (unpaired) electrons. The molecule has 0 atom stereocenters. The predicted molar refractivity (Wildman–Crippen MR) is 120 cm³/mol. The van der Waals surface area contributed by atoms with Crippen LogP contribution in [0.5, 0.6) is 5.75 Å². The highest BCUT2D eigenvalue weighted by Crippen LogP contribution is 2.32. The fraction of sp³-hybridized carbons (Fsp3) is 0.143. The lowest BCUT2D eigenvalue weighted by Gasteiger charge is -2.09. The van der Waals surface area contributed by atoms with Gasteiger partial charge in [-0.3, -0.25) is 24.1 Å². The first-order chi connectivity index (χ1) is 15.6. The predicted octanol–water partition coefficient (Wildman–Crippen LogP) is 2.62. The van der Waals surface area contributed by atoms with Crippen LogP contribution in [0.1, 0.15) is 12.5 Å². The minimum atomic E-state index is -4.11.